The Morgan fingerprint density at radius 2 is 1.52 bits per heavy atom. The number of benzene rings is 3. The Balaban J connectivity index is 2.01. The lowest BCUT2D eigenvalue weighted by Crippen LogP contribution is -2.02. The van der Waals surface area contributed by atoms with Gasteiger partial charge in [0.15, 0.2) is 0 Å². The van der Waals surface area contributed by atoms with Gasteiger partial charge < -0.3 is 0 Å². The fourth-order valence-corrected chi connectivity index (χ4v) is 2.91. The van der Waals surface area contributed by atoms with Crippen molar-refractivity contribution in [1.29, 1.82) is 0 Å². The molecular weight excluding hydrogens is 258 g/mol. The van der Waals surface area contributed by atoms with E-state index in [1.54, 1.807) is 0 Å². The molecule has 0 unspecified atom stereocenters. The van der Waals surface area contributed by atoms with Crippen LogP contribution in [0.4, 0.5) is 0 Å². The quantitative estimate of drug-likeness (QED) is 0.518. The lowest BCUT2D eigenvalue weighted by molar-refractivity contribution is 0.654. The van der Waals surface area contributed by atoms with Crippen LogP contribution < -0.4 is 0 Å². The Hall–Kier alpha value is -2.68. The van der Waals surface area contributed by atoms with Gasteiger partial charge >= 0.3 is 0 Å². The fraction of sp³-hybridized carbons (Fsp3) is 0.111. The van der Waals surface area contributed by atoms with Crippen LogP contribution in [0, 0.1) is 6.92 Å². The molecule has 1 aromatic heterocycles. The molecule has 0 amide bonds. The minimum atomic E-state index is 0.739. The van der Waals surface area contributed by atoms with Crippen molar-refractivity contribution in [3.05, 3.63) is 72.1 Å². The van der Waals surface area contributed by atoms with Crippen LogP contribution in [0.5, 0.6) is 0 Å². The first-order valence-electron chi connectivity index (χ1n) is 7.07. The molecule has 0 aliphatic rings. The molecule has 0 N–H and O–H groups in total. The Bertz CT molecular complexity index is 883. The Morgan fingerprint density at radius 3 is 2.10 bits per heavy atom. The number of rotatable bonds is 2. The second-order valence-electron chi connectivity index (χ2n) is 5.35. The van der Waals surface area contributed by atoms with Gasteiger partial charge in [-0.1, -0.05) is 53.7 Å². The van der Waals surface area contributed by atoms with Crippen molar-refractivity contribution in [2.24, 2.45) is 0 Å². The lowest BCUT2D eigenvalue weighted by atomic mass is 9.97. The maximum Gasteiger partial charge on any atom is 0.0796 e. The molecular formula is C18H15N3. The summed E-state index contributed by atoms with van der Waals surface area (Å²) in [5.74, 6) is 0. The zero-order chi connectivity index (χ0) is 14.2. The monoisotopic (exact) mass is 273 g/mol. The van der Waals surface area contributed by atoms with Gasteiger partial charge in [0, 0.05) is 6.20 Å². The molecule has 0 aliphatic heterocycles. The molecule has 21 heavy (non-hydrogen) atoms. The first kappa shape index (κ1) is 12.1. The summed E-state index contributed by atoms with van der Waals surface area (Å²) in [6.45, 7) is 2.70. The van der Waals surface area contributed by atoms with E-state index in [-0.39, 0.29) is 0 Å². The summed E-state index contributed by atoms with van der Waals surface area (Å²) in [4.78, 5) is 0. The van der Waals surface area contributed by atoms with E-state index in [1.165, 1.54) is 27.1 Å². The minimum absolute atomic E-state index is 0.739. The van der Waals surface area contributed by atoms with Crippen molar-refractivity contribution in [2.45, 2.75) is 13.5 Å². The highest BCUT2D eigenvalue weighted by Gasteiger charge is 2.08. The summed E-state index contributed by atoms with van der Waals surface area (Å²) >= 11 is 0. The molecule has 0 saturated carbocycles. The van der Waals surface area contributed by atoms with Gasteiger partial charge in [-0.3, -0.25) is 0 Å². The summed E-state index contributed by atoms with van der Waals surface area (Å²) < 4.78 is 1.91. The molecule has 0 aliphatic carbocycles. The van der Waals surface area contributed by atoms with Crippen molar-refractivity contribution < 1.29 is 0 Å². The van der Waals surface area contributed by atoms with Crippen molar-refractivity contribution in [1.82, 2.24) is 15.0 Å². The molecule has 0 radical (unpaired) electrons. The van der Waals surface area contributed by atoms with Gasteiger partial charge in [-0.25, -0.2) is 4.68 Å². The average Bonchev–Trinajstić information content (AvgIpc) is 2.92. The number of aromatic nitrogens is 3. The predicted molar refractivity (Wildman–Crippen MR) is 85.3 cm³/mol. The summed E-state index contributed by atoms with van der Waals surface area (Å²) in [7, 11) is 0. The van der Waals surface area contributed by atoms with E-state index in [0.29, 0.717) is 0 Å². The van der Waals surface area contributed by atoms with Crippen molar-refractivity contribution in [3.8, 4) is 0 Å². The fourth-order valence-electron chi connectivity index (χ4n) is 2.91. The molecule has 4 aromatic rings. The van der Waals surface area contributed by atoms with Gasteiger partial charge in [0.05, 0.1) is 12.2 Å². The SMILES string of the molecule is Cc1cn(Cc2c3ccccc3cc3ccccc23)nn1. The molecule has 4 rings (SSSR count). The van der Waals surface area contributed by atoms with Crippen LogP contribution in [0.1, 0.15) is 11.3 Å². The lowest BCUT2D eigenvalue weighted by Gasteiger charge is -2.11. The highest BCUT2D eigenvalue weighted by molar-refractivity contribution is 6.02. The van der Waals surface area contributed by atoms with Gasteiger partial charge in [0.25, 0.3) is 0 Å². The first-order chi connectivity index (χ1) is 10.3. The summed E-state index contributed by atoms with van der Waals surface area (Å²) in [5, 5.41) is 13.4. The van der Waals surface area contributed by atoms with Crippen LogP contribution in [0.25, 0.3) is 21.5 Å². The summed E-state index contributed by atoms with van der Waals surface area (Å²) in [6, 6.07) is 19.3. The average molecular weight is 273 g/mol. The largest absolute Gasteiger partial charge is 0.248 e. The summed E-state index contributed by atoms with van der Waals surface area (Å²) in [5.41, 5.74) is 2.24. The summed E-state index contributed by atoms with van der Waals surface area (Å²) in [6.07, 6.45) is 1.98. The number of aryl methyl sites for hydroxylation is 1. The number of hydrogen-bond acceptors (Lipinski definition) is 2. The van der Waals surface area contributed by atoms with E-state index in [4.69, 9.17) is 0 Å². The van der Waals surface area contributed by atoms with Crippen LogP contribution in [-0.4, -0.2) is 15.0 Å². The van der Waals surface area contributed by atoms with Crippen LogP contribution in [0.2, 0.25) is 0 Å². The predicted octanol–water partition coefficient (Wildman–Crippen LogP) is 3.94. The zero-order valence-corrected chi connectivity index (χ0v) is 11.8. The highest BCUT2D eigenvalue weighted by Crippen LogP contribution is 2.28. The number of nitrogens with zero attached hydrogens (tertiary/aromatic N) is 3. The molecule has 0 atom stereocenters. The third-order valence-electron chi connectivity index (χ3n) is 3.86. The van der Waals surface area contributed by atoms with Gasteiger partial charge in [0.1, 0.15) is 0 Å². The van der Waals surface area contributed by atoms with Gasteiger partial charge in [-0.05, 0) is 40.1 Å². The van der Waals surface area contributed by atoms with Crippen molar-refractivity contribution >= 4 is 21.5 Å². The third kappa shape index (κ3) is 2.07. The third-order valence-corrected chi connectivity index (χ3v) is 3.86. The topological polar surface area (TPSA) is 30.7 Å². The highest BCUT2D eigenvalue weighted by atomic mass is 15.4. The molecule has 3 nitrogen and oxygen atoms in total. The van der Waals surface area contributed by atoms with E-state index in [1.807, 2.05) is 17.8 Å². The number of hydrogen-bond donors (Lipinski definition) is 0. The molecule has 1 heterocycles. The number of fused-ring (bicyclic) bond motifs is 2. The van der Waals surface area contributed by atoms with Crippen molar-refractivity contribution in [3.63, 3.8) is 0 Å². The van der Waals surface area contributed by atoms with Gasteiger partial charge in [-0.2, -0.15) is 0 Å². The molecule has 0 saturated heterocycles. The van der Waals surface area contributed by atoms with Crippen LogP contribution >= 0.6 is 0 Å². The van der Waals surface area contributed by atoms with Gasteiger partial charge in [0.2, 0.25) is 0 Å². The van der Waals surface area contributed by atoms with E-state index in [9.17, 15) is 0 Å². The molecule has 0 spiro atoms. The zero-order valence-electron chi connectivity index (χ0n) is 11.8. The van der Waals surface area contributed by atoms with Crippen LogP contribution in [0.15, 0.2) is 60.8 Å². The van der Waals surface area contributed by atoms with Gasteiger partial charge in [-0.15, -0.1) is 5.10 Å². The first-order valence-corrected chi connectivity index (χ1v) is 7.07. The van der Waals surface area contributed by atoms with E-state index in [0.717, 1.165) is 12.2 Å². The second-order valence-corrected chi connectivity index (χ2v) is 5.35. The smallest absolute Gasteiger partial charge is 0.0796 e. The van der Waals surface area contributed by atoms with Crippen LogP contribution in [-0.2, 0) is 6.54 Å². The molecule has 102 valence electrons. The molecule has 0 fully saturated rings. The van der Waals surface area contributed by atoms with Crippen molar-refractivity contribution in [2.75, 3.05) is 0 Å². The van der Waals surface area contributed by atoms with E-state index < -0.39 is 0 Å². The standard InChI is InChI=1S/C18H15N3/c1-13-11-21(20-19-13)12-18-16-8-4-2-6-14(16)10-15-7-3-5-9-17(15)18/h2-11H,12H2,1H3. The molecule has 0 bridgehead atoms. The maximum absolute atomic E-state index is 4.19. The molecule has 3 heteroatoms. The Morgan fingerprint density at radius 1 is 0.905 bits per heavy atom. The molecule has 3 aromatic carbocycles. The Kier molecular flexibility index (Phi) is 2.71. The normalized spacial score (nSPS) is 11.3. The maximum atomic E-state index is 4.19. The van der Waals surface area contributed by atoms with E-state index in [2.05, 4.69) is 64.9 Å². The van der Waals surface area contributed by atoms with E-state index >= 15 is 0 Å². The Labute approximate surface area is 122 Å². The second kappa shape index (κ2) is 4.70. The van der Waals surface area contributed by atoms with Crippen LogP contribution in [0.3, 0.4) is 0 Å². The minimum Gasteiger partial charge on any atom is -0.248 e.